The van der Waals surface area contributed by atoms with E-state index in [2.05, 4.69) is 5.32 Å². The third-order valence-electron chi connectivity index (χ3n) is 3.37. The van der Waals surface area contributed by atoms with Crippen molar-refractivity contribution in [1.29, 1.82) is 0 Å². The van der Waals surface area contributed by atoms with E-state index in [0.717, 1.165) is 0 Å². The van der Waals surface area contributed by atoms with Crippen LogP contribution < -0.4 is 5.32 Å². The smallest absolute Gasteiger partial charge is 0.338 e. The van der Waals surface area contributed by atoms with Crippen LogP contribution in [0.3, 0.4) is 0 Å². The number of carbonyl (C=O) groups is 2. The molecule has 0 aliphatic heterocycles. The Balaban J connectivity index is 2.53. The second-order valence-corrected chi connectivity index (χ2v) is 4.86. The molecule has 2 aromatic rings. The molecule has 0 atom stereocenters. The van der Waals surface area contributed by atoms with Gasteiger partial charge in [-0.2, -0.15) is 0 Å². The quantitative estimate of drug-likeness (QED) is 0.803. The van der Waals surface area contributed by atoms with Gasteiger partial charge in [0.15, 0.2) is 0 Å². The van der Waals surface area contributed by atoms with Gasteiger partial charge < -0.3 is 15.5 Å². The van der Waals surface area contributed by atoms with Crippen molar-refractivity contribution in [3.05, 3.63) is 58.4 Å². The number of rotatable bonds is 4. The molecule has 2 rings (SSSR count). The number of benzene rings is 2. The van der Waals surface area contributed by atoms with Crippen molar-refractivity contribution in [2.45, 2.75) is 13.8 Å². The molecule has 0 amide bonds. The summed E-state index contributed by atoms with van der Waals surface area (Å²) in [6.07, 6.45) is 0. The Labute approximate surface area is 126 Å². The summed E-state index contributed by atoms with van der Waals surface area (Å²) in [6.45, 7) is 3.12. The maximum absolute atomic E-state index is 13.1. The lowest BCUT2D eigenvalue weighted by molar-refractivity contribution is 0.0696. The van der Waals surface area contributed by atoms with Gasteiger partial charge in [-0.1, -0.05) is 0 Å². The number of halogens is 1. The number of carboxylic acids is 2. The van der Waals surface area contributed by atoms with Crippen molar-refractivity contribution >= 4 is 23.3 Å². The topological polar surface area (TPSA) is 86.6 Å². The van der Waals surface area contributed by atoms with Crippen LogP contribution in [0.1, 0.15) is 31.8 Å². The Morgan fingerprint density at radius 2 is 1.64 bits per heavy atom. The summed E-state index contributed by atoms with van der Waals surface area (Å²) in [5, 5.41) is 21.3. The third-order valence-corrected chi connectivity index (χ3v) is 3.37. The standard InChI is InChI=1S/C16H14FNO4/c1-8-7-10(17)3-5-12(8)18-13-6-4-11(15(19)20)9(2)14(13)16(21)22/h3-7,18H,1-2H3,(H,19,20)(H,21,22). The molecule has 5 nitrogen and oxygen atoms in total. The van der Waals surface area contributed by atoms with Crippen LogP contribution in [-0.2, 0) is 0 Å². The molecule has 0 bridgehead atoms. The number of anilines is 2. The van der Waals surface area contributed by atoms with E-state index in [4.69, 9.17) is 5.11 Å². The highest BCUT2D eigenvalue weighted by Crippen LogP contribution is 2.28. The molecule has 0 aliphatic rings. The lowest BCUT2D eigenvalue weighted by Crippen LogP contribution is -2.10. The van der Waals surface area contributed by atoms with Gasteiger partial charge in [0.05, 0.1) is 16.8 Å². The Bertz CT molecular complexity index is 771. The minimum atomic E-state index is -1.23. The zero-order valence-corrected chi connectivity index (χ0v) is 12.0. The highest BCUT2D eigenvalue weighted by atomic mass is 19.1. The predicted molar refractivity (Wildman–Crippen MR) is 79.5 cm³/mol. The maximum Gasteiger partial charge on any atom is 0.338 e. The van der Waals surface area contributed by atoms with Crippen LogP contribution in [0.5, 0.6) is 0 Å². The lowest BCUT2D eigenvalue weighted by Gasteiger charge is -2.15. The Morgan fingerprint density at radius 1 is 1.00 bits per heavy atom. The minimum absolute atomic E-state index is 0.0706. The molecule has 0 saturated heterocycles. The van der Waals surface area contributed by atoms with Gasteiger partial charge in [0.2, 0.25) is 0 Å². The second kappa shape index (κ2) is 5.85. The van der Waals surface area contributed by atoms with Crippen molar-refractivity contribution in [2.75, 3.05) is 5.32 Å². The summed E-state index contributed by atoms with van der Waals surface area (Å²) in [5.74, 6) is -2.81. The van der Waals surface area contributed by atoms with E-state index in [9.17, 15) is 19.1 Å². The van der Waals surface area contributed by atoms with Gasteiger partial charge in [-0.25, -0.2) is 14.0 Å². The highest BCUT2D eigenvalue weighted by Gasteiger charge is 2.19. The Morgan fingerprint density at radius 3 is 2.18 bits per heavy atom. The van der Waals surface area contributed by atoms with Crippen LogP contribution in [-0.4, -0.2) is 22.2 Å². The molecule has 114 valence electrons. The number of hydrogen-bond acceptors (Lipinski definition) is 3. The molecule has 0 spiro atoms. The van der Waals surface area contributed by atoms with Gasteiger partial charge >= 0.3 is 11.9 Å². The normalized spacial score (nSPS) is 10.3. The Hall–Kier alpha value is -2.89. The van der Waals surface area contributed by atoms with Gasteiger partial charge in [0, 0.05) is 5.69 Å². The first-order chi connectivity index (χ1) is 10.3. The second-order valence-electron chi connectivity index (χ2n) is 4.86. The summed E-state index contributed by atoms with van der Waals surface area (Å²) < 4.78 is 13.1. The van der Waals surface area contributed by atoms with Gasteiger partial charge in [0.25, 0.3) is 0 Å². The van der Waals surface area contributed by atoms with Gasteiger partial charge in [-0.15, -0.1) is 0 Å². The molecule has 22 heavy (non-hydrogen) atoms. The number of nitrogens with one attached hydrogen (secondary N) is 1. The fourth-order valence-electron chi connectivity index (χ4n) is 2.24. The fraction of sp³-hybridized carbons (Fsp3) is 0.125. The van der Waals surface area contributed by atoms with E-state index in [1.807, 2.05) is 0 Å². The van der Waals surface area contributed by atoms with Crippen LogP contribution in [0.4, 0.5) is 15.8 Å². The molecule has 0 heterocycles. The van der Waals surface area contributed by atoms with E-state index < -0.39 is 11.9 Å². The van der Waals surface area contributed by atoms with Crippen molar-refractivity contribution in [2.24, 2.45) is 0 Å². The molecule has 0 saturated carbocycles. The largest absolute Gasteiger partial charge is 0.478 e. The number of hydrogen-bond donors (Lipinski definition) is 3. The van der Waals surface area contributed by atoms with Crippen molar-refractivity contribution in [1.82, 2.24) is 0 Å². The van der Waals surface area contributed by atoms with Gasteiger partial charge in [-0.05, 0) is 55.3 Å². The summed E-state index contributed by atoms with van der Waals surface area (Å²) in [5.41, 5.74) is 1.37. The average molecular weight is 303 g/mol. The first kappa shape index (κ1) is 15.5. The summed E-state index contributed by atoms with van der Waals surface area (Å²) in [4.78, 5) is 22.6. The van der Waals surface area contributed by atoms with E-state index in [0.29, 0.717) is 11.3 Å². The van der Waals surface area contributed by atoms with Crippen molar-refractivity contribution in [3.8, 4) is 0 Å². The molecule has 0 aliphatic carbocycles. The summed E-state index contributed by atoms with van der Waals surface area (Å²) in [6, 6.07) is 6.81. The molecule has 0 radical (unpaired) electrons. The van der Waals surface area contributed by atoms with E-state index in [1.54, 1.807) is 6.92 Å². The highest BCUT2D eigenvalue weighted by molar-refractivity contribution is 6.01. The monoisotopic (exact) mass is 303 g/mol. The van der Waals surface area contributed by atoms with Crippen molar-refractivity contribution < 1.29 is 24.2 Å². The summed E-state index contributed by atoms with van der Waals surface area (Å²) in [7, 11) is 0. The molecule has 0 unspecified atom stereocenters. The average Bonchev–Trinajstić information content (AvgIpc) is 2.41. The SMILES string of the molecule is Cc1cc(F)ccc1Nc1ccc(C(=O)O)c(C)c1C(=O)O. The molecular weight excluding hydrogens is 289 g/mol. The van der Waals surface area contributed by atoms with E-state index >= 15 is 0 Å². The third kappa shape index (κ3) is 2.90. The zero-order valence-electron chi connectivity index (χ0n) is 12.0. The summed E-state index contributed by atoms with van der Waals surface area (Å²) >= 11 is 0. The number of aryl methyl sites for hydroxylation is 1. The molecule has 2 aromatic carbocycles. The van der Waals surface area contributed by atoms with E-state index in [1.165, 1.54) is 37.3 Å². The van der Waals surface area contributed by atoms with Crippen LogP contribution >= 0.6 is 0 Å². The fourth-order valence-corrected chi connectivity index (χ4v) is 2.24. The zero-order chi connectivity index (χ0) is 16.4. The molecule has 0 aromatic heterocycles. The molecule has 0 fully saturated rings. The molecule has 3 N–H and O–H groups in total. The number of carboxylic acid groups (broad SMARTS) is 2. The molecule has 6 heteroatoms. The van der Waals surface area contributed by atoms with Crippen LogP contribution in [0, 0.1) is 19.7 Å². The first-order valence-corrected chi connectivity index (χ1v) is 6.44. The van der Waals surface area contributed by atoms with Crippen LogP contribution in [0.15, 0.2) is 30.3 Å². The van der Waals surface area contributed by atoms with E-state index in [-0.39, 0.29) is 28.2 Å². The van der Waals surface area contributed by atoms with Gasteiger partial charge in [0.1, 0.15) is 5.82 Å². The minimum Gasteiger partial charge on any atom is -0.478 e. The first-order valence-electron chi connectivity index (χ1n) is 6.44. The van der Waals surface area contributed by atoms with Crippen LogP contribution in [0.2, 0.25) is 0 Å². The van der Waals surface area contributed by atoms with Gasteiger partial charge in [-0.3, -0.25) is 0 Å². The van der Waals surface area contributed by atoms with Crippen LogP contribution in [0.25, 0.3) is 0 Å². The lowest BCUT2D eigenvalue weighted by atomic mass is 10.00. The molecular formula is C16H14FNO4. The Kier molecular flexibility index (Phi) is 4.12. The predicted octanol–water partition coefficient (Wildman–Crippen LogP) is 3.58. The number of aromatic carboxylic acids is 2. The van der Waals surface area contributed by atoms with Crippen molar-refractivity contribution in [3.63, 3.8) is 0 Å². The maximum atomic E-state index is 13.1.